The highest BCUT2D eigenvalue weighted by molar-refractivity contribution is 7.89. The van der Waals surface area contributed by atoms with E-state index in [-0.39, 0.29) is 35.5 Å². The molecular formula is C25H28N4O4S. The highest BCUT2D eigenvalue weighted by atomic mass is 32.2. The number of carbonyl (C=O) groups excluding carboxylic acids is 2. The van der Waals surface area contributed by atoms with Gasteiger partial charge in [-0.25, -0.2) is 17.9 Å². The predicted octanol–water partition coefficient (Wildman–Crippen LogP) is 4.18. The zero-order valence-electron chi connectivity index (χ0n) is 19.3. The second kappa shape index (κ2) is 11.0. The normalized spacial score (nSPS) is 11.0. The lowest BCUT2D eigenvalue weighted by Gasteiger charge is -2.12. The number of benzene rings is 3. The molecule has 0 aliphatic rings. The molecule has 0 atom stereocenters. The Bertz CT molecular complexity index is 1310. The maximum atomic E-state index is 12.8. The van der Waals surface area contributed by atoms with Crippen LogP contribution in [0.3, 0.4) is 0 Å². The summed E-state index contributed by atoms with van der Waals surface area (Å²) >= 11 is 0. The molecule has 0 spiro atoms. The first kappa shape index (κ1) is 24.9. The second-order valence-electron chi connectivity index (χ2n) is 7.81. The fraction of sp³-hybridized carbons (Fsp3) is 0.200. The number of anilines is 2. The number of rotatable bonds is 8. The van der Waals surface area contributed by atoms with Gasteiger partial charge in [0.1, 0.15) is 0 Å². The highest BCUT2D eigenvalue weighted by Crippen LogP contribution is 2.17. The van der Waals surface area contributed by atoms with Gasteiger partial charge in [-0.1, -0.05) is 37.3 Å². The lowest BCUT2D eigenvalue weighted by Crippen LogP contribution is -2.26. The van der Waals surface area contributed by atoms with Crippen LogP contribution >= 0.6 is 0 Å². The Labute approximate surface area is 199 Å². The maximum absolute atomic E-state index is 12.8. The van der Waals surface area contributed by atoms with Gasteiger partial charge in [0.2, 0.25) is 10.0 Å². The van der Waals surface area contributed by atoms with Crippen molar-refractivity contribution in [2.45, 2.75) is 32.2 Å². The van der Waals surface area contributed by atoms with E-state index >= 15 is 0 Å². The Morgan fingerprint density at radius 1 is 0.853 bits per heavy atom. The van der Waals surface area contributed by atoms with E-state index in [0.717, 1.165) is 11.1 Å². The summed E-state index contributed by atoms with van der Waals surface area (Å²) in [6.45, 7) is 5.84. The highest BCUT2D eigenvalue weighted by Gasteiger charge is 2.17. The molecule has 0 bridgehead atoms. The van der Waals surface area contributed by atoms with Crippen molar-refractivity contribution in [1.82, 2.24) is 10.0 Å². The third kappa shape index (κ3) is 6.66. The van der Waals surface area contributed by atoms with Gasteiger partial charge in [-0.05, 0) is 66.9 Å². The van der Waals surface area contributed by atoms with E-state index in [1.54, 1.807) is 44.2 Å². The van der Waals surface area contributed by atoms with Crippen molar-refractivity contribution in [2.24, 2.45) is 0 Å². The largest absolute Gasteiger partial charge is 0.348 e. The third-order valence-electron chi connectivity index (χ3n) is 5.01. The van der Waals surface area contributed by atoms with Crippen molar-refractivity contribution in [3.8, 4) is 0 Å². The first-order chi connectivity index (χ1) is 16.2. The molecule has 9 heteroatoms. The van der Waals surface area contributed by atoms with Crippen LogP contribution in [0.5, 0.6) is 0 Å². The Balaban J connectivity index is 1.64. The summed E-state index contributed by atoms with van der Waals surface area (Å²) in [6, 6.07) is 18.7. The maximum Gasteiger partial charge on any atom is 0.323 e. The minimum atomic E-state index is -3.67. The molecule has 4 N–H and O–H groups in total. The van der Waals surface area contributed by atoms with Gasteiger partial charge in [0, 0.05) is 30.0 Å². The fourth-order valence-electron chi connectivity index (χ4n) is 3.34. The molecule has 0 radical (unpaired) electrons. The van der Waals surface area contributed by atoms with Crippen molar-refractivity contribution in [3.63, 3.8) is 0 Å². The number of aryl methyl sites for hydroxylation is 2. The van der Waals surface area contributed by atoms with E-state index in [2.05, 4.69) is 20.7 Å². The first-order valence-electron chi connectivity index (χ1n) is 10.8. The summed E-state index contributed by atoms with van der Waals surface area (Å²) in [7, 11) is -3.67. The summed E-state index contributed by atoms with van der Waals surface area (Å²) in [6.07, 6.45) is 0. The lowest BCUT2D eigenvalue weighted by atomic mass is 10.1. The van der Waals surface area contributed by atoms with Crippen LogP contribution in [0, 0.1) is 13.8 Å². The van der Waals surface area contributed by atoms with Gasteiger partial charge in [-0.2, -0.15) is 0 Å². The summed E-state index contributed by atoms with van der Waals surface area (Å²) in [5.41, 5.74) is 4.02. The molecule has 178 valence electrons. The van der Waals surface area contributed by atoms with Crippen LogP contribution < -0.4 is 20.7 Å². The van der Waals surface area contributed by atoms with E-state index in [1.807, 2.05) is 31.2 Å². The lowest BCUT2D eigenvalue weighted by molar-refractivity contribution is 0.0950. The van der Waals surface area contributed by atoms with E-state index in [9.17, 15) is 18.0 Å². The molecule has 0 aliphatic carbocycles. The van der Waals surface area contributed by atoms with Crippen molar-refractivity contribution < 1.29 is 18.0 Å². The molecular weight excluding hydrogens is 452 g/mol. The van der Waals surface area contributed by atoms with Gasteiger partial charge in [-0.3, -0.25) is 4.79 Å². The van der Waals surface area contributed by atoms with E-state index in [1.165, 1.54) is 12.1 Å². The standard InChI is InChI=1S/C25H28N4O4S/c1-4-27-34(32,33)22-12-11-18(3)23(15-22)24(30)26-16-19-8-6-10-21(14-19)29-25(31)28-20-9-5-7-17(2)13-20/h5-15,27H,4,16H2,1-3H3,(H,26,30)(H2,28,29,31). The van der Waals surface area contributed by atoms with Crippen molar-refractivity contribution in [3.05, 3.63) is 89.0 Å². The summed E-state index contributed by atoms with van der Waals surface area (Å²) in [5, 5.41) is 8.37. The summed E-state index contributed by atoms with van der Waals surface area (Å²) < 4.78 is 27.0. The molecule has 0 saturated carbocycles. The average Bonchev–Trinajstić information content (AvgIpc) is 2.78. The Hall–Kier alpha value is -3.69. The third-order valence-corrected chi connectivity index (χ3v) is 6.56. The van der Waals surface area contributed by atoms with Gasteiger partial charge < -0.3 is 16.0 Å². The number of sulfonamides is 1. The molecule has 34 heavy (non-hydrogen) atoms. The molecule has 0 aromatic heterocycles. The average molecular weight is 481 g/mol. The van der Waals surface area contributed by atoms with Crippen molar-refractivity contribution in [1.29, 1.82) is 0 Å². The molecule has 0 unspecified atom stereocenters. The molecule has 0 fully saturated rings. The number of carbonyl (C=O) groups is 2. The first-order valence-corrected chi connectivity index (χ1v) is 12.3. The molecule has 3 amide bonds. The smallest absolute Gasteiger partial charge is 0.323 e. The van der Waals surface area contributed by atoms with E-state index in [4.69, 9.17) is 0 Å². The van der Waals surface area contributed by atoms with Crippen LogP contribution in [0.15, 0.2) is 71.6 Å². The Kier molecular flexibility index (Phi) is 8.04. The number of nitrogens with one attached hydrogen (secondary N) is 4. The summed E-state index contributed by atoms with van der Waals surface area (Å²) in [5.74, 6) is -0.387. The molecule has 0 saturated heterocycles. The van der Waals surface area contributed by atoms with Crippen LogP contribution in [0.2, 0.25) is 0 Å². The Morgan fingerprint density at radius 3 is 2.21 bits per heavy atom. The second-order valence-corrected chi connectivity index (χ2v) is 9.58. The number of urea groups is 1. The van der Waals surface area contributed by atoms with Crippen LogP contribution in [-0.2, 0) is 16.6 Å². The number of amides is 3. The Morgan fingerprint density at radius 2 is 1.53 bits per heavy atom. The predicted molar refractivity (Wildman–Crippen MR) is 133 cm³/mol. The topological polar surface area (TPSA) is 116 Å². The minimum absolute atomic E-state index is 0.0379. The quantitative estimate of drug-likeness (QED) is 0.387. The van der Waals surface area contributed by atoms with E-state index < -0.39 is 10.0 Å². The fourth-order valence-corrected chi connectivity index (χ4v) is 4.41. The monoisotopic (exact) mass is 480 g/mol. The van der Waals surface area contributed by atoms with Gasteiger partial charge in [0.15, 0.2) is 0 Å². The number of hydrogen-bond acceptors (Lipinski definition) is 4. The SMILES string of the molecule is CCNS(=O)(=O)c1ccc(C)c(C(=O)NCc2cccc(NC(=O)Nc3cccc(C)c3)c2)c1. The van der Waals surface area contributed by atoms with Crippen molar-refractivity contribution in [2.75, 3.05) is 17.2 Å². The van der Waals surface area contributed by atoms with Crippen LogP contribution in [0.25, 0.3) is 0 Å². The van der Waals surface area contributed by atoms with Gasteiger partial charge in [0.05, 0.1) is 4.90 Å². The molecule has 8 nitrogen and oxygen atoms in total. The van der Waals surface area contributed by atoms with Crippen LogP contribution in [0.4, 0.5) is 16.2 Å². The van der Waals surface area contributed by atoms with Crippen molar-refractivity contribution >= 4 is 33.3 Å². The minimum Gasteiger partial charge on any atom is -0.348 e. The zero-order valence-corrected chi connectivity index (χ0v) is 20.1. The van der Waals surface area contributed by atoms with E-state index in [0.29, 0.717) is 16.9 Å². The zero-order chi connectivity index (χ0) is 24.7. The van der Waals surface area contributed by atoms with Gasteiger partial charge in [-0.15, -0.1) is 0 Å². The molecule has 3 aromatic rings. The van der Waals surface area contributed by atoms with Crippen LogP contribution in [-0.4, -0.2) is 26.9 Å². The van der Waals surface area contributed by atoms with Gasteiger partial charge in [0.25, 0.3) is 5.91 Å². The summed E-state index contributed by atoms with van der Waals surface area (Å²) in [4.78, 5) is 25.1. The molecule has 3 aromatic carbocycles. The molecule has 3 rings (SSSR count). The van der Waals surface area contributed by atoms with Crippen LogP contribution in [0.1, 0.15) is 34.0 Å². The molecule has 0 aliphatic heterocycles. The van der Waals surface area contributed by atoms with Gasteiger partial charge >= 0.3 is 6.03 Å². The number of hydrogen-bond donors (Lipinski definition) is 4. The molecule has 0 heterocycles.